The first-order valence-corrected chi connectivity index (χ1v) is 9.69. The number of hydrogen-bond donors (Lipinski definition) is 2. The van der Waals surface area contributed by atoms with Gasteiger partial charge in [0.25, 0.3) is 0 Å². The summed E-state index contributed by atoms with van der Waals surface area (Å²) < 4.78 is 18.3. The highest BCUT2D eigenvalue weighted by molar-refractivity contribution is 5.85. The number of nitrogens with one attached hydrogen (secondary N) is 1. The molecule has 0 aliphatic heterocycles. The van der Waals surface area contributed by atoms with Gasteiger partial charge in [0.2, 0.25) is 5.91 Å². The van der Waals surface area contributed by atoms with E-state index in [1.807, 2.05) is 0 Å². The Morgan fingerprint density at radius 1 is 1.26 bits per heavy atom. The van der Waals surface area contributed by atoms with E-state index in [2.05, 4.69) is 5.32 Å². The second kappa shape index (κ2) is 9.31. The van der Waals surface area contributed by atoms with Crippen LogP contribution in [0.25, 0.3) is 0 Å². The minimum atomic E-state index is -1.32. The van der Waals surface area contributed by atoms with Crippen LogP contribution < -0.4 is 5.32 Å². The molecule has 1 aromatic rings. The topological polar surface area (TPSA) is 75.6 Å². The molecule has 0 spiro atoms. The lowest BCUT2D eigenvalue weighted by atomic mass is 9.74. The minimum absolute atomic E-state index is 0.0739. The highest BCUT2D eigenvalue weighted by Gasteiger charge is 2.50. The number of carbonyl (C=O) groups excluding carboxylic acids is 1. The van der Waals surface area contributed by atoms with Crippen LogP contribution in [0.5, 0.6) is 0 Å². The van der Waals surface area contributed by atoms with Gasteiger partial charge in [0.15, 0.2) is 5.60 Å². The molecule has 2 N–H and O–H groups in total. The molecule has 1 amide bonds. The molecule has 1 saturated carbocycles. The highest BCUT2D eigenvalue weighted by Crippen LogP contribution is 2.46. The summed E-state index contributed by atoms with van der Waals surface area (Å²) >= 11 is 0. The summed E-state index contributed by atoms with van der Waals surface area (Å²) in [4.78, 5) is 24.7. The number of benzene rings is 1. The van der Waals surface area contributed by atoms with Crippen molar-refractivity contribution in [1.29, 1.82) is 0 Å². The first-order chi connectivity index (χ1) is 12.9. The number of carboxylic acids is 1. The second-order valence-corrected chi connectivity index (χ2v) is 7.51. The fourth-order valence-electron chi connectivity index (χ4n) is 4.07. The molecule has 2 rings (SSSR count). The van der Waals surface area contributed by atoms with Gasteiger partial charge >= 0.3 is 5.97 Å². The molecule has 0 bridgehead atoms. The Hall–Kier alpha value is -1.95. The van der Waals surface area contributed by atoms with Gasteiger partial charge < -0.3 is 15.2 Å². The fourth-order valence-corrected chi connectivity index (χ4v) is 4.07. The van der Waals surface area contributed by atoms with Crippen LogP contribution >= 0.6 is 0 Å². The molecule has 1 fully saturated rings. The van der Waals surface area contributed by atoms with Crippen molar-refractivity contribution >= 4 is 11.9 Å². The number of aryl methyl sites for hydroxylation is 1. The predicted octanol–water partition coefficient (Wildman–Crippen LogP) is 3.70. The largest absolute Gasteiger partial charge is 0.479 e. The van der Waals surface area contributed by atoms with Gasteiger partial charge in [-0.15, -0.1) is 0 Å². The first-order valence-electron chi connectivity index (χ1n) is 9.69. The Morgan fingerprint density at radius 2 is 1.89 bits per heavy atom. The fraction of sp³-hybridized carbons (Fsp3) is 0.619. The molecule has 0 radical (unpaired) electrons. The second-order valence-electron chi connectivity index (χ2n) is 7.51. The van der Waals surface area contributed by atoms with E-state index in [9.17, 15) is 19.1 Å². The average molecular weight is 379 g/mol. The minimum Gasteiger partial charge on any atom is -0.479 e. The maximum absolute atomic E-state index is 12.9. The van der Waals surface area contributed by atoms with Crippen LogP contribution in [0.2, 0.25) is 0 Å². The number of rotatable bonds is 10. The lowest BCUT2D eigenvalue weighted by molar-refractivity contribution is -0.169. The van der Waals surface area contributed by atoms with Crippen LogP contribution in [0.1, 0.15) is 57.4 Å². The molecular formula is C21H30FNO4. The van der Waals surface area contributed by atoms with E-state index < -0.39 is 17.0 Å². The van der Waals surface area contributed by atoms with Crippen molar-refractivity contribution in [2.24, 2.45) is 5.41 Å². The Bertz CT molecular complexity index is 634. The van der Waals surface area contributed by atoms with Crippen molar-refractivity contribution in [3.8, 4) is 0 Å². The first kappa shape index (κ1) is 21.4. The van der Waals surface area contributed by atoms with Crippen LogP contribution in [-0.4, -0.2) is 36.2 Å². The van der Waals surface area contributed by atoms with Gasteiger partial charge in [0.1, 0.15) is 5.82 Å². The highest BCUT2D eigenvalue weighted by atomic mass is 19.1. The van der Waals surface area contributed by atoms with Crippen LogP contribution in [0.3, 0.4) is 0 Å². The standard InChI is InChI=1S/C21H30FNO4/c1-3-21(27-2,19(25)26)15-20(12-4-5-13-20)18(24)23-14-6-7-16-8-10-17(22)11-9-16/h8-11H,3-7,12-15H2,1-2H3,(H,23,24)(H,25,26). The van der Waals surface area contributed by atoms with E-state index in [1.165, 1.54) is 19.2 Å². The number of ether oxygens (including phenoxy) is 1. The molecule has 1 aliphatic rings. The number of amides is 1. The van der Waals surface area contributed by atoms with Gasteiger partial charge in [-0.05, 0) is 49.8 Å². The van der Waals surface area contributed by atoms with Crippen molar-refractivity contribution in [3.63, 3.8) is 0 Å². The number of carbonyl (C=O) groups is 2. The normalized spacial score (nSPS) is 18.0. The van der Waals surface area contributed by atoms with Crippen molar-refractivity contribution in [1.82, 2.24) is 5.32 Å². The lowest BCUT2D eigenvalue weighted by Gasteiger charge is -2.36. The van der Waals surface area contributed by atoms with Gasteiger partial charge in [-0.2, -0.15) is 0 Å². The third kappa shape index (κ3) is 5.06. The third-order valence-electron chi connectivity index (χ3n) is 5.86. The molecule has 1 atom stereocenters. The summed E-state index contributed by atoms with van der Waals surface area (Å²) in [5.74, 6) is -1.34. The monoisotopic (exact) mass is 379 g/mol. The zero-order valence-electron chi connectivity index (χ0n) is 16.2. The lowest BCUT2D eigenvalue weighted by Crippen LogP contribution is -2.50. The van der Waals surface area contributed by atoms with Crippen LogP contribution in [-0.2, 0) is 20.7 Å². The maximum Gasteiger partial charge on any atom is 0.335 e. The van der Waals surface area contributed by atoms with Crippen LogP contribution in [0, 0.1) is 11.2 Å². The SMILES string of the molecule is CCC(CC1(C(=O)NCCCc2ccc(F)cc2)CCCC1)(OC)C(=O)O. The van der Waals surface area contributed by atoms with E-state index >= 15 is 0 Å². The van der Waals surface area contributed by atoms with Crippen molar-refractivity contribution in [3.05, 3.63) is 35.6 Å². The zero-order chi connectivity index (χ0) is 19.9. The molecule has 1 aromatic carbocycles. The van der Waals surface area contributed by atoms with E-state index in [1.54, 1.807) is 19.1 Å². The molecule has 1 aliphatic carbocycles. The quantitative estimate of drug-likeness (QED) is 0.608. The van der Waals surface area contributed by atoms with Gasteiger partial charge in [0.05, 0.1) is 5.41 Å². The van der Waals surface area contributed by atoms with E-state index in [0.717, 1.165) is 31.2 Å². The number of methoxy groups -OCH3 is 1. The molecule has 5 nitrogen and oxygen atoms in total. The summed E-state index contributed by atoms with van der Waals surface area (Å²) in [6.07, 6.45) is 5.24. The number of carboxylic acid groups (broad SMARTS) is 1. The van der Waals surface area contributed by atoms with E-state index in [4.69, 9.17) is 4.74 Å². The van der Waals surface area contributed by atoms with E-state index in [-0.39, 0.29) is 18.1 Å². The summed E-state index contributed by atoms with van der Waals surface area (Å²) in [6, 6.07) is 6.36. The maximum atomic E-state index is 12.9. The number of halogens is 1. The van der Waals surface area contributed by atoms with Gasteiger partial charge in [-0.1, -0.05) is 31.9 Å². The van der Waals surface area contributed by atoms with E-state index in [0.29, 0.717) is 25.8 Å². The molecule has 0 heterocycles. The summed E-state index contributed by atoms with van der Waals surface area (Å²) in [5, 5.41) is 12.7. The van der Waals surface area contributed by atoms with Gasteiger partial charge in [-0.25, -0.2) is 9.18 Å². The molecule has 0 aromatic heterocycles. The molecule has 6 heteroatoms. The van der Waals surface area contributed by atoms with Gasteiger partial charge in [-0.3, -0.25) is 4.79 Å². The summed E-state index contributed by atoms with van der Waals surface area (Å²) in [7, 11) is 1.40. The van der Waals surface area contributed by atoms with Crippen molar-refractivity contribution in [2.45, 2.75) is 63.9 Å². The summed E-state index contributed by atoms with van der Waals surface area (Å²) in [6.45, 7) is 2.29. The van der Waals surface area contributed by atoms with Crippen molar-refractivity contribution < 1.29 is 23.8 Å². The Morgan fingerprint density at radius 3 is 2.41 bits per heavy atom. The van der Waals surface area contributed by atoms with Crippen LogP contribution in [0.15, 0.2) is 24.3 Å². The number of aliphatic carboxylic acids is 1. The smallest absolute Gasteiger partial charge is 0.335 e. The zero-order valence-corrected chi connectivity index (χ0v) is 16.2. The summed E-state index contributed by atoms with van der Waals surface area (Å²) in [5.41, 5.74) is -0.979. The molecule has 1 unspecified atom stereocenters. The number of hydrogen-bond acceptors (Lipinski definition) is 3. The van der Waals surface area contributed by atoms with Gasteiger partial charge in [0, 0.05) is 20.1 Å². The predicted molar refractivity (Wildman–Crippen MR) is 101 cm³/mol. The molecular weight excluding hydrogens is 349 g/mol. The third-order valence-corrected chi connectivity index (χ3v) is 5.86. The molecule has 0 saturated heterocycles. The van der Waals surface area contributed by atoms with Crippen LogP contribution in [0.4, 0.5) is 4.39 Å². The Labute approximate surface area is 160 Å². The Kier molecular flexibility index (Phi) is 7.36. The van der Waals surface area contributed by atoms with Crippen molar-refractivity contribution in [2.75, 3.05) is 13.7 Å². The molecule has 150 valence electrons. The average Bonchev–Trinajstić information content (AvgIpc) is 3.14. The molecule has 27 heavy (non-hydrogen) atoms. The Balaban J connectivity index is 1.95.